The molecule has 132 valence electrons. The Bertz CT molecular complexity index is 744. The van der Waals surface area contributed by atoms with Crippen LogP contribution in [0.3, 0.4) is 0 Å². The first-order chi connectivity index (χ1) is 12.2. The Hall–Kier alpha value is -2.00. The summed E-state index contributed by atoms with van der Waals surface area (Å²) in [5.41, 5.74) is 3.67. The van der Waals surface area contributed by atoms with Crippen LogP contribution < -0.4 is 10.1 Å². The Labute approximate surface area is 154 Å². The van der Waals surface area contributed by atoms with E-state index in [-0.39, 0.29) is 5.91 Å². The van der Waals surface area contributed by atoms with Crippen LogP contribution in [0.5, 0.6) is 5.75 Å². The number of carbonyl (C=O) groups excluding carboxylic acids is 1. The maximum atomic E-state index is 12.5. The molecule has 1 atom stereocenters. The number of benzene rings is 2. The first kappa shape index (κ1) is 17.8. The molecule has 0 aliphatic heterocycles. The Kier molecular flexibility index (Phi) is 5.98. The molecule has 0 saturated carbocycles. The molecule has 0 spiro atoms. The van der Waals surface area contributed by atoms with Crippen LogP contribution in [0.2, 0.25) is 5.02 Å². The molecule has 0 saturated heterocycles. The highest BCUT2D eigenvalue weighted by Gasteiger charge is 2.19. The van der Waals surface area contributed by atoms with Crippen molar-refractivity contribution in [2.75, 3.05) is 0 Å². The first-order valence-electron chi connectivity index (χ1n) is 8.97. The monoisotopic (exact) mass is 357 g/mol. The van der Waals surface area contributed by atoms with Crippen molar-refractivity contribution < 1.29 is 9.53 Å². The van der Waals surface area contributed by atoms with Gasteiger partial charge in [-0.3, -0.25) is 4.79 Å². The Morgan fingerprint density at radius 3 is 2.68 bits per heavy atom. The Balaban J connectivity index is 1.62. The Morgan fingerprint density at radius 1 is 1.16 bits per heavy atom. The predicted octanol–water partition coefficient (Wildman–Crippen LogP) is 4.69. The van der Waals surface area contributed by atoms with E-state index < -0.39 is 6.10 Å². The minimum atomic E-state index is -0.496. The SMILES string of the molecule is CC[C@H](Oc1ccc2c(c1)CCCC2)C(=O)NCc1ccccc1Cl. The summed E-state index contributed by atoms with van der Waals surface area (Å²) in [6.07, 6.45) is 4.85. The van der Waals surface area contributed by atoms with Gasteiger partial charge in [-0.05, 0) is 67.0 Å². The van der Waals surface area contributed by atoms with Crippen LogP contribution in [-0.4, -0.2) is 12.0 Å². The number of hydrogen-bond acceptors (Lipinski definition) is 2. The van der Waals surface area contributed by atoms with Gasteiger partial charge in [-0.25, -0.2) is 0 Å². The number of fused-ring (bicyclic) bond motifs is 1. The van der Waals surface area contributed by atoms with Crippen LogP contribution >= 0.6 is 11.6 Å². The van der Waals surface area contributed by atoms with E-state index in [1.54, 1.807) is 0 Å². The number of nitrogens with one attached hydrogen (secondary N) is 1. The number of amides is 1. The van der Waals surface area contributed by atoms with Crippen molar-refractivity contribution in [3.8, 4) is 5.75 Å². The fourth-order valence-corrected chi connectivity index (χ4v) is 3.41. The molecule has 1 N–H and O–H groups in total. The highest BCUT2D eigenvalue weighted by atomic mass is 35.5. The molecule has 0 heterocycles. The van der Waals surface area contributed by atoms with Crippen molar-refractivity contribution in [2.24, 2.45) is 0 Å². The van der Waals surface area contributed by atoms with Crippen LogP contribution in [0, 0.1) is 0 Å². The van der Waals surface area contributed by atoms with Gasteiger partial charge in [-0.1, -0.05) is 42.8 Å². The smallest absolute Gasteiger partial charge is 0.261 e. The third-order valence-electron chi connectivity index (χ3n) is 4.67. The second-order valence-corrected chi connectivity index (χ2v) is 6.87. The number of rotatable bonds is 6. The molecule has 0 unspecified atom stereocenters. The molecule has 1 aliphatic carbocycles. The number of aryl methyl sites for hydroxylation is 2. The molecule has 1 amide bonds. The molecule has 25 heavy (non-hydrogen) atoms. The molecule has 1 aliphatic rings. The summed E-state index contributed by atoms with van der Waals surface area (Å²) in [5.74, 6) is 0.667. The van der Waals surface area contributed by atoms with E-state index in [1.807, 2.05) is 37.3 Å². The van der Waals surface area contributed by atoms with E-state index >= 15 is 0 Å². The minimum Gasteiger partial charge on any atom is -0.481 e. The molecule has 2 aromatic rings. The molecule has 0 radical (unpaired) electrons. The van der Waals surface area contributed by atoms with Crippen LogP contribution in [0.4, 0.5) is 0 Å². The lowest BCUT2D eigenvalue weighted by molar-refractivity contribution is -0.128. The molecule has 3 nitrogen and oxygen atoms in total. The van der Waals surface area contributed by atoms with Crippen molar-refractivity contribution >= 4 is 17.5 Å². The van der Waals surface area contributed by atoms with Gasteiger partial charge >= 0.3 is 0 Å². The van der Waals surface area contributed by atoms with Gasteiger partial charge in [0.25, 0.3) is 5.91 Å². The van der Waals surface area contributed by atoms with Gasteiger partial charge in [-0.2, -0.15) is 0 Å². The van der Waals surface area contributed by atoms with Crippen molar-refractivity contribution in [3.63, 3.8) is 0 Å². The largest absolute Gasteiger partial charge is 0.481 e. The number of halogens is 1. The normalized spacial score (nSPS) is 14.5. The number of ether oxygens (including phenoxy) is 1. The zero-order chi connectivity index (χ0) is 17.6. The van der Waals surface area contributed by atoms with Gasteiger partial charge in [0.05, 0.1) is 0 Å². The highest BCUT2D eigenvalue weighted by Crippen LogP contribution is 2.26. The van der Waals surface area contributed by atoms with Gasteiger partial charge in [0.2, 0.25) is 0 Å². The van der Waals surface area contributed by atoms with Crippen LogP contribution in [0.1, 0.15) is 42.9 Å². The van der Waals surface area contributed by atoms with Crippen molar-refractivity contribution in [1.82, 2.24) is 5.32 Å². The molecular weight excluding hydrogens is 334 g/mol. The summed E-state index contributed by atoms with van der Waals surface area (Å²) in [4.78, 5) is 12.5. The summed E-state index contributed by atoms with van der Waals surface area (Å²) >= 11 is 6.14. The lowest BCUT2D eigenvalue weighted by Crippen LogP contribution is -2.37. The van der Waals surface area contributed by atoms with E-state index in [2.05, 4.69) is 17.4 Å². The maximum Gasteiger partial charge on any atom is 0.261 e. The van der Waals surface area contributed by atoms with Gasteiger partial charge < -0.3 is 10.1 Å². The van der Waals surface area contributed by atoms with Gasteiger partial charge in [0, 0.05) is 11.6 Å². The van der Waals surface area contributed by atoms with Crippen LogP contribution in [0.25, 0.3) is 0 Å². The molecule has 4 heteroatoms. The fraction of sp³-hybridized carbons (Fsp3) is 0.381. The van der Waals surface area contributed by atoms with E-state index in [0.29, 0.717) is 18.0 Å². The fourth-order valence-electron chi connectivity index (χ4n) is 3.21. The summed E-state index contributed by atoms with van der Waals surface area (Å²) in [6.45, 7) is 2.36. The highest BCUT2D eigenvalue weighted by molar-refractivity contribution is 6.31. The van der Waals surface area contributed by atoms with Gasteiger partial charge in [0.15, 0.2) is 6.10 Å². The van der Waals surface area contributed by atoms with E-state index in [9.17, 15) is 4.79 Å². The average molecular weight is 358 g/mol. The zero-order valence-electron chi connectivity index (χ0n) is 14.6. The second kappa shape index (κ2) is 8.39. The summed E-state index contributed by atoms with van der Waals surface area (Å²) < 4.78 is 5.97. The second-order valence-electron chi connectivity index (χ2n) is 6.46. The average Bonchev–Trinajstić information content (AvgIpc) is 2.65. The molecule has 0 fully saturated rings. The first-order valence-corrected chi connectivity index (χ1v) is 9.34. The minimum absolute atomic E-state index is 0.111. The van der Waals surface area contributed by atoms with Crippen molar-refractivity contribution in [1.29, 1.82) is 0 Å². The van der Waals surface area contributed by atoms with Crippen molar-refractivity contribution in [2.45, 2.75) is 51.7 Å². The summed E-state index contributed by atoms with van der Waals surface area (Å²) in [6, 6.07) is 13.7. The Morgan fingerprint density at radius 2 is 1.92 bits per heavy atom. The maximum absolute atomic E-state index is 12.5. The molecular formula is C21H24ClNO2. The van der Waals surface area contributed by atoms with E-state index in [4.69, 9.17) is 16.3 Å². The zero-order valence-corrected chi connectivity index (χ0v) is 15.3. The summed E-state index contributed by atoms with van der Waals surface area (Å²) in [7, 11) is 0. The molecule has 3 rings (SSSR count). The predicted molar refractivity (Wildman–Crippen MR) is 101 cm³/mol. The molecule has 2 aromatic carbocycles. The molecule has 0 bridgehead atoms. The van der Waals surface area contributed by atoms with E-state index in [0.717, 1.165) is 24.2 Å². The number of hydrogen-bond donors (Lipinski definition) is 1. The third kappa shape index (κ3) is 4.55. The standard InChI is InChI=1S/C21H24ClNO2/c1-2-20(21(24)23-14-17-9-5-6-10-19(17)22)25-18-12-11-15-7-3-4-8-16(15)13-18/h5-6,9-13,20H,2-4,7-8,14H2,1H3,(H,23,24)/t20-/m0/s1. The van der Waals surface area contributed by atoms with Crippen LogP contribution in [-0.2, 0) is 24.2 Å². The molecule has 0 aromatic heterocycles. The topological polar surface area (TPSA) is 38.3 Å². The lowest BCUT2D eigenvalue weighted by Gasteiger charge is -2.20. The van der Waals surface area contributed by atoms with Crippen LogP contribution in [0.15, 0.2) is 42.5 Å². The van der Waals surface area contributed by atoms with Crippen molar-refractivity contribution in [3.05, 3.63) is 64.2 Å². The van der Waals surface area contributed by atoms with Gasteiger partial charge in [0.1, 0.15) is 5.75 Å². The lowest BCUT2D eigenvalue weighted by atomic mass is 9.92. The third-order valence-corrected chi connectivity index (χ3v) is 5.04. The van der Waals surface area contributed by atoms with Gasteiger partial charge in [-0.15, -0.1) is 0 Å². The quantitative estimate of drug-likeness (QED) is 0.814. The van der Waals surface area contributed by atoms with E-state index in [1.165, 1.54) is 24.0 Å². The summed E-state index contributed by atoms with van der Waals surface area (Å²) in [5, 5.41) is 3.58. The number of carbonyl (C=O) groups is 1.